The fraction of sp³-hybridized carbons (Fsp3) is 0.143. The number of aldehydes is 1. The van der Waals surface area contributed by atoms with Gasteiger partial charge in [-0.3, -0.25) is 4.79 Å². The summed E-state index contributed by atoms with van der Waals surface area (Å²) in [5.41, 5.74) is 4.39. The number of anilines is 1. The van der Waals surface area contributed by atoms with Crippen LogP contribution in [-0.2, 0) is 0 Å². The Morgan fingerprint density at radius 2 is 2.23 bits per heavy atom. The van der Waals surface area contributed by atoms with E-state index >= 15 is 0 Å². The number of alkyl halides is 2. The Morgan fingerprint density at radius 3 is 2.69 bits per heavy atom. The van der Waals surface area contributed by atoms with Gasteiger partial charge in [0.15, 0.2) is 11.4 Å². The summed E-state index contributed by atoms with van der Waals surface area (Å²) in [6.45, 7) is 0. The molecule has 0 bridgehead atoms. The van der Waals surface area contributed by atoms with Gasteiger partial charge in [-0.05, 0) is 6.07 Å². The van der Waals surface area contributed by atoms with Gasteiger partial charge >= 0.3 is 0 Å². The van der Waals surface area contributed by atoms with Crippen LogP contribution in [0.15, 0.2) is 6.07 Å². The lowest BCUT2D eigenvalue weighted by atomic mass is 10.2. The predicted octanol–water partition coefficient (Wildman–Crippen LogP) is 2.07. The highest BCUT2D eigenvalue weighted by Gasteiger charge is 2.16. The van der Waals surface area contributed by atoms with Crippen LogP contribution in [0.3, 0.4) is 0 Å². The molecule has 0 spiro atoms. The highest BCUT2D eigenvalue weighted by atomic mass is 35.5. The molecule has 70 valence electrons. The van der Waals surface area contributed by atoms with Crippen molar-refractivity contribution in [3.05, 3.63) is 22.5 Å². The number of aromatic nitrogens is 1. The molecule has 13 heavy (non-hydrogen) atoms. The summed E-state index contributed by atoms with van der Waals surface area (Å²) < 4.78 is 24.4. The number of carbonyl (C=O) groups is 1. The van der Waals surface area contributed by atoms with Gasteiger partial charge in [-0.25, -0.2) is 13.8 Å². The number of rotatable bonds is 2. The Balaban J connectivity index is 3.32. The van der Waals surface area contributed by atoms with Crippen LogP contribution in [0.4, 0.5) is 14.5 Å². The Labute approximate surface area is 77.5 Å². The Bertz CT molecular complexity index is 344. The van der Waals surface area contributed by atoms with E-state index in [0.29, 0.717) is 0 Å². The zero-order valence-corrected chi connectivity index (χ0v) is 7.05. The summed E-state index contributed by atoms with van der Waals surface area (Å²) in [5, 5.41) is -0.221. The van der Waals surface area contributed by atoms with Crippen molar-refractivity contribution in [1.82, 2.24) is 4.98 Å². The third kappa shape index (κ3) is 1.92. The molecule has 2 N–H and O–H groups in total. The number of hydrogen-bond acceptors (Lipinski definition) is 3. The summed E-state index contributed by atoms with van der Waals surface area (Å²) >= 11 is 5.40. The monoisotopic (exact) mass is 206 g/mol. The number of hydrogen-bond donors (Lipinski definition) is 1. The standard InChI is InChI=1S/C7H5ClF2N2O/c8-6-4(11)1-3(2-13)5(12-6)7(9)10/h1-2,7H,11H2. The molecule has 0 aromatic carbocycles. The fourth-order valence-corrected chi connectivity index (χ4v) is 0.951. The summed E-state index contributed by atoms with van der Waals surface area (Å²) in [5.74, 6) is 0. The molecule has 1 heterocycles. The van der Waals surface area contributed by atoms with Crippen molar-refractivity contribution in [3.63, 3.8) is 0 Å². The van der Waals surface area contributed by atoms with Crippen LogP contribution < -0.4 is 5.73 Å². The fourth-order valence-electron chi connectivity index (χ4n) is 0.805. The predicted molar refractivity (Wildman–Crippen MR) is 44.0 cm³/mol. The van der Waals surface area contributed by atoms with Gasteiger partial charge in [-0.2, -0.15) is 0 Å². The van der Waals surface area contributed by atoms with Crippen LogP contribution in [0, 0.1) is 0 Å². The molecule has 0 aliphatic carbocycles. The van der Waals surface area contributed by atoms with Crippen molar-refractivity contribution in [2.75, 3.05) is 5.73 Å². The number of halogens is 3. The van der Waals surface area contributed by atoms with Crippen LogP contribution in [0.2, 0.25) is 5.15 Å². The number of nitrogen functional groups attached to an aromatic ring is 1. The number of carbonyl (C=O) groups excluding carboxylic acids is 1. The van der Waals surface area contributed by atoms with E-state index < -0.39 is 12.1 Å². The highest BCUT2D eigenvalue weighted by Crippen LogP contribution is 2.25. The lowest BCUT2D eigenvalue weighted by Gasteiger charge is -2.04. The first-order valence-corrected chi connectivity index (χ1v) is 3.63. The van der Waals surface area contributed by atoms with Gasteiger partial charge in [-0.1, -0.05) is 11.6 Å². The minimum Gasteiger partial charge on any atom is -0.396 e. The zero-order chi connectivity index (χ0) is 10.0. The SMILES string of the molecule is Nc1cc(C=O)c(C(F)F)nc1Cl. The Hall–Kier alpha value is -1.23. The summed E-state index contributed by atoms with van der Waals surface area (Å²) in [7, 11) is 0. The summed E-state index contributed by atoms with van der Waals surface area (Å²) in [6, 6.07) is 1.07. The molecule has 1 aromatic heterocycles. The van der Waals surface area contributed by atoms with E-state index in [0.717, 1.165) is 6.07 Å². The normalized spacial score (nSPS) is 10.5. The van der Waals surface area contributed by atoms with Crippen LogP contribution in [0.5, 0.6) is 0 Å². The first kappa shape index (κ1) is 9.85. The van der Waals surface area contributed by atoms with Gasteiger partial charge in [0.25, 0.3) is 6.43 Å². The van der Waals surface area contributed by atoms with Crippen molar-refractivity contribution in [2.45, 2.75) is 6.43 Å². The smallest absolute Gasteiger partial charge is 0.281 e. The molecule has 0 fully saturated rings. The van der Waals surface area contributed by atoms with Crippen LogP contribution in [-0.4, -0.2) is 11.3 Å². The Morgan fingerprint density at radius 1 is 1.62 bits per heavy atom. The molecule has 0 amide bonds. The first-order valence-electron chi connectivity index (χ1n) is 3.25. The van der Waals surface area contributed by atoms with Gasteiger partial charge in [-0.15, -0.1) is 0 Å². The van der Waals surface area contributed by atoms with E-state index in [4.69, 9.17) is 17.3 Å². The van der Waals surface area contributed by atoms with E-state index in [1.807, 2.05) is 0 Å². The van der Waals surface area contributed by atoms with E-state index in [-0.39, 0.29) is 22.7 Å². The maximum atomic E-state index is 12.2. The molecule has 0 unspecified atom stereocenters. The van der Waals surface area contributed by atoms with Crippen LogP contribution in [0.1, 0.15) is 22.5 Å². The van der Waals surface area contributed by atoms with E-state index in [2.05, 4.69) is 4.98 Å². The summed E-state index contributed by atoms with van der Waals surface area (Å²) in [6.07, 6.45) is -2.57. The van der Waals surface area contributed by atoms with Gasteiger partial charge < -0.3 is 5.73 Å². The molecule has 0 saturated heterocycles. The topological polar surface area (TPSA) is 56.0 Å². The number of nitrogens with zero attached hydrogens (tertiary/aromatic N) is 1. The second-order valence-electron chi connectivity index (χ2n) is 2.26. The van der Waals surface area contributed by atoms with E-state index in [1.54, 1.807) is 0 Å². The first-order chi connectivity index (χ1) is 6.06. The molecular weight excluding hydrogens is 202 g/mol. The molecule has 0 radical (unpaired) electrons. The van der Waals surface area contributed by atoms with Gasteiger partial charge in [0.05, 0.1) is 5.69 Å². The zero-order valence-electron chi connectivity index (χ0n) is 6.30. The van der Waals surface area contributed by atoms with Gasteiger partial charge in [0, 0.05) is 5.56 Å². The molecule has 0 aliphatic rings. The molecule has 0 aliphatic heterocycles. The van der Waals surface area contributed by atoms with E-state index in [1.165, 1.54) is 0 Å². The second-order valence-corrected chi connectivity index (χ2v) is 2.62. The molecule has 6 heteroatoms. The average Bonchev–Trinajstić information content (AvgIpc) is 2.08. The quantitative estimate of drug-likeness (QED) is 0.595. The third-order valence-electron chi connectivity index (χ3n) is 1.40. The molecular formula is C7H5ClF2N2O. The minimum absolute atomic E-state index is 0.00756. The number of nitrogens with two attached hydrogens (primary N) is 1. The number of pyridine rings is 1. The summed E-state index contributed by atoms with van der Waals surface area (Å²) in [4.78, 5) is 13.6. The van der Waals surface area contributed by atoms with Crippen molar-refractivity contribution in [1.29, 1.82) is 0 Å². The lowest BCUT2D eigenvalue weighted by Crippen LogP contribution is -2.01. The van der Waals surface area contributed by atoms with Crippen molar-refractivity contribution < 1.29 is 13.6 Å². The maximum absolute atomic E-state index is 12.2. The lowest BCUT2D eigenvalue weighted by molar-refractivity contribution is 0.110. The molecule has 0 saturated carbocycles. The highest BCUT2D eigenvalue weighted by molar-refractivity contribution is 6.31. The Kier molecular flexibility index (Phi) is 2.77. The minimum atomic E-state index is -2.83. The second kappa shape index (κ2) is 3.66. The average molecular weight is 207 g/mol. The van der Waals surface area contributed by atoms with Crippen molar-refractivity contribution in [3.8, 4) is 0 Å². The molecule has 1 aromatic rings. The third-order valence-corrected chi connectivity index (χ3v) is 1.70. The van der Waals surface area contributed by atoms with Crippen molar-refractivity contribution >= 4 is 23.6 Å². The van der Waals surface area contributed by atoms with Gasteiger partial charge in [0.2, 0.25) is 0 Å². The van der Waals surface area contributed by atoms with Crippen molar-refractivity contribution in [2.24, 2.45) is 0 Å². The largest absolute Gasteiger partial charge is 0.396 e. The molecule has 0 atom stereocenters. The maximum Gasteiger partial charge on any atom is 0.281 e. The van der Waals surface area contributed by atoms with Gasteiger partial charge in [0.1, 0.15) is 5.69 Å². The molecule has 1 rings (SSSR count). The van der Waals surface area contributed by atoms with Crippen LogP contribution >= 0.6 is 11.6 Å². The van der Waals surface area contributed by atoms with E-state index in [9.17, 15) is 13.6 Å². The van der Waals surface area contributed by atoms with Crippen LogP contribution in [0.25, 0.3) is 0 Å². The molecule has 3 nitrogen and oxygen atoms in total.